The van der Waals surface area contributed by atoms with Gasteiger partial charge in [0.25, 0.3) is 0 Å². The van der Waals surface area contributed by atoms with Crippen LogP contribution in [0.25, 0.3) is 11.0 Å². The van der Waals surface area contributed by atoms with Crippen LogP contribution in [0.1, 0.15) is 49.8 Å². The molecule has 1 aromatic heterocycles. The number of imidazole rings is 1. The van der Waals surface area contributed by atoms with Crippen LogP contribution in [0.2, 0.25) is 0 Å². The number of carboxylic acids is 1. The Labute approximate surface area is 119 Å². The molecule has 0 saturated carbocycles. The van der Waals surface area contributed by atoms with Gasteiger partial charge >= 0.3 is 5.97 Å². The fraction of sp³-hybridized carbons (Fsp3) is 0.500. The Morgan fingerprint density at radius 1 is 1.40 bits per heavy atom. The lowest BCUT2D eigenvalue weighted by Gasteiger charge is -2.14. The summed E-state index contributed by atoms with van der Waals surface area (Å²) in [4.78, 5) is 16.1. The van der Waals surface area contributed by atoms with E-state index in [2.05, 4.69) is 30.3 Å². The number of aromatic nitrogens is 2. The molecule has 4 heteroatoms. The molecule has 0 amide bonds. The highest BCUT2D eigenvalue weighted by Gasteiger charge is 2.18. The van der Waals surface area contributed by atoms with E-state index in [1.54, 1.807) is 12.1 Å². The van der Waals surface area contributed by atoms with Crippen LogP contribution in [0.3, 0.4) is 0 Å². The molecule has 2 aromatic rings. The van der Waals surface area contributed by atoms with Gasteiger partial charge < -0.3 is 9.67 Å². The van der Waals surface area contributed by atoms with Crippen LogP contribution < -0.4 is 0 Å². The van der Waals surface area contributed by atoms with E-state index in [-0.39, 0.29) is 0 Å². The molecule has 1 aromatic carbocycles. The first-order chi connectivity index (χ1) is 9.58. The summed E-state index contributed by atoms with van der Waals surface area (Å²) < 4.78 is 2.11. The molecule has 108 valence electrons. The van der Waals surface area contributed by atoms with Crippen LogP contribution in [0, 0.1) is 5.92 Å². The van der Waals surface area contributed by atoms with Gasteiger partial charge in [0.05, 0.1) is 16.6 Å². The third kappa shape index (κ3) is 2.69. The van der Waals surface area contributed by atoms with Crippen LogP contribution in [0.5, 0.6) is 0 Å². The zero-order valence-electron chi connectivity index (χ0n) is 12.4. The minimum atomic E-state index is -0.885. The molecule has 0 aliphatic carbocycles. The Morgan fingerprint density at radius 3 is 2.75 bits per heavy atom. The minimum Gasteiger partial charge on any atom is -0.478 e. The summed E-state index contributed by atoms with van der Waals surface area (Å²) in [5.74, 6) is 0.616. The molecule has 0 spiro atoms. The van der Waals surface area contributed by atoms with E-state index in [9.17, 15) is 9.90 Å². The second kappa shape index (κ2) is 6.07. The van der Waals surface area contributed by atoms with Crippen molar-refractivity contribution >= 4 is 17.0 Å². The molecule has 0 radical (unpaired) electrons. The molecule has 1 heterocycles. The lowest BCUT2D eigenvalue weighted by atomic mass is 10.1. The summed E-state index contributed by atoms with van der Waals surface area (Å²) in [6.45, 7) is 7.28. The number of hydrogen-bond donors (Lipinski definition) is 1. The highest BCUT2D eigenvalue weighted by molar-refractivity contribution is 6.01. The molecule has 1 unspecified atom stereocenters. The molecule has 2 rings (SSSR count). The summed E-state index contributed by atoms with van der Waals surface area (Å²) in [6, 6.07) is 5.32. The number of para-hydroxylation sites is 1. The van der Waals surface area contributed by atoms with Crippen molar-refractivity contribution in [3.05, 3.63) is 29.6 Å². The van der Waals surface area contributed by atoms with E-state index < -0.39 is 5.97 Å². The maximum atomic E-state index is 11.4. The summed E-state index contributed by atoms with van der Waals surface area (Å²) in [7, 11) is 0. The number of nitrogens with zero attached hydrogens (tertiary/aromatic N) is 2. The predicted octanol–water partition coefficient (Wildman–Crippen LogP) is 3.73. The van der Waals surface area contributed by atoms with Crippen molar-refractivity contribution in [2.45, 2.75) is 46.6 Å². The van der Waals surface area contributed by atoms with E-state index in [1.807, 2.05) is 6.07 Å². The molecule has 0 aliphatic heterocycles. The van der Waals surface area contributed by atoms with Gasteiger partial charge in [-0.25, -0.2) is 9.78 Å². The normalized spacial score (nSPS) is 12.8. The van der Waals surface area contributed by atoms with Gasteiger partial charge in [0, 0.05) is 13.0 Å². The fourth-order valence-corrected chi connectivity index (χ4v) is 2.46. The Kier molecular flexibility index (Phi) is 4.42. The number of aromatic carboxylic acids is 1. The number of benzene rings is 1. The first-order valence-corrected chi connectivity index (χ1v) is 7.29. The van der Waals surface area contributed by atoms with Crippen LogP contribution in [0.4, 0.5) is 0 Å². The Morgan fingerprint density at radius 2 is 2.15 bits per heavy atom. The lowest BCUT2D eigenvalue weighted by molar-refractivity contribution is 0.0698. The van der Waals surface area contributed by atoms with Gasteiger partial charge in [0.1, 0.15) is 5.82 Å². The average Bonchev–Trinajstić information content (AvgIpc) is 2.76. The first kappa shape index (κ1) is 14.6. The number of rotatable bonds is 6. The molecule has 20 heavy (non-hydrogen) atoms. The summed E-state index contributed by atoms with van der Waals surface area (Å²) >= 11 is 0. The molecular formula is C16H22N2O2. The molecule has 0 bridgehead atoms. The molecule has 1 N–H and O–H groups in total. The highest BCUT2D eigenvalue weighted by Crippen LogP contribution is 2.23. The van der Waals surface area contributed by atoms with Gasteiger partial charge in [-0.05, 0) is 24.5 Å². The number of hydrogen-bond acceptors (Lipinski definition) is 2. The van der Waals surface area contributed by atoms with Gasteiger partial charge in [-0.15, -0.1) is 0 Å². The summed E-state index contributed by atoms with van der Waals surface area (Å²) in [5, 5.41) is 9.40. The number of carboxylic acid groups (broad SMARTS) is 1. The predicted molar refractivity (Wildman–Crippen MR) is 80.1 cm³/mol. The Bertz CT molecular complexity index is 616. The van der Waals surface area contributed by atoms with Crippen molar-refractivity contribution in [3.8, 4) is 0 Å². The van der Waals surface area contributed by atoms with E-state index in [4.69, 9.17) is 0 Å². The summed E-state index contributed by atoms with van der Waals surface area (Å²) in [6.07, 6.45) is 2.96. The monoisotopic (exact) mass is 274 g/mol. The third-order valence-corrected chi connectivity index (χ3v) is 3.74. The van der Waals surface area contributed by atoms with Crippen LogP contribution >= 0.6 is 0 Å². The number of aryl methyl sites for hydroxylation is 1. The second-order valence-electron chi connectivity index (χ2n) is 5.38. The van der Waals surface area contributed by atoms with Crippen molar-refractivity contribution in [1.29, 1.82) is 0 Å². The van der Waals surface area contributed by atoms with Gasteiger partial charge in [-0.3, -0.25) is 0 Å². The largest absolute Gasteiger partial charge is 0.478 e. The van der Waals surface area contributed by atoms with E-state index in [0.717, 1.165) is 42.7 Å². The van der Waals surface area contributed by atoms with Gasteiger partial charge in [-0.1, -0.05) is 33.3 Å². The van der Waals surface area contributed by atoms with E-state index in [0.29, 0.717) is 11.5 Å². The fourth-order valence-electron chi connectivity index (χ4n) is 2.46. The Balaban J connectivity index is 2.64. The highest BCUT2D eigenvalue weighted by atomic mass is 16.4. The van der Waals surface area contributed by atoms with Gasteiger partial charge in [0.15, 0.2) is 0 Å². The quantitative estimate of drug-likeness (QED) is 0.873. The van der Waals surface area contributed by atoms with Gasteiger partial charge in [-0.2, -0.15) is 0 Å². The molecule has 4 nitrogen and oxygen atoms in total. The standard InChI is InChI=1S/C16H22N2O2/c1-4-7-14-17-13-9-6-8-12(16(19)20)15(13)18(14)10-11(3)5-2/h6,8-9,11H,4-5,7,10H2,1-3H3,(H,19,20). The van der Waals surface area contributed by atoms with Crippen molar-refractivity contribution in [2.75, 3.05) is 0 Å². The molecular weight excluding hydrogens is 252 g/mol. The maximum absolute atomic E-state index is 11.4. The van der Waals surface area contributed by atoms with Crippen molar-refractivity contribution in [3.63, 3.8) is 0 Å². The SMILES string of the molecule is CCCc1nc2cccc(C(=O)O)c2n1CC(C)CC. The number of carbonyl (C=O) groups is 1. The zero-order valence-corrected chi connectivity index (χ0v) is 12.4. The second-order valence-corrected chi connectivity index (χ2v) is 5.38. The maximum Gasteiger partial charge on any atom is 0.337 e. The zero-order chi connectivity index (χ0) is 14.7. The lowest BCUT2D eigenvalue weighted by Crippen LogP contribution is -2.12. The number of fused-ring (bicyclic) bond motifs is 1. The molecule has 0 aliphatic rings. The van der Waals surface area contributed by atoms with E-state index in [1.165, 1.54) is 0 Å². The topological polar surface area (TPSA) is 55.1 Å². The van der Waals surface area contributed by atoms with Gasteiger partial charge in [0.2, 0.25) is 0 Å². The molecule has 0 fully saturated rings. The summed E-state index contributed by atoms with van der Waals surface area (Å²) in [5.41, 5.74) is 1.90. The van der Waals surface area contributed by atoms with Crippen LogP contribution in [-0.4, -0.2) is 20.6 Å². The van der Waals surface area contributed by atoms with Crippen molar-refractivity contribution in [1.82, 2.24) is 9.55 Å². The van der Waals surface area contributed by atoms with E-state index >= 15 is 0 Å². The van der Waals surface area contributed by atoms with Crippen LogP contribution in [-0.2, 0) is 13.0 Å². The molecule has 0 saturated heterocycles. The van der Waals surface area contributed by atoms with Crippen molar-refractivity contribution in [2.24, 2.45) is 5.92 Å². The molecule has 1 atom stereocenters. The van der Waals surface area contributed by atoms with Crippen molar-refractivity contribution < 1.29 is 9.90 Å². The third-order valence-electron chi connectivity index (χ3n) is 3.74. The first-order valence-electron chi connectivity index (χ1n) is 7.29. The van der Waals surface area contributed by atoms with Crippen LogP contribution in [0.15, 0.2) is 18.2 Å². The average molecular weight is 274 g/mol. The Hall–Kier alpha value is -1.84. The smallest absolute Gasteiger partial charge is 0.337 e. The minimum absolute atomic E-state index is 0.348.